The molecule has 4 nitrogen and oxygen atoms in total. The van der Waals surface area contributed by atoms with E-state index in [9.17, 15) is 9.59 Å². The number of thioether (sulfide) groups is 1. The highest BCUT2D eigenvalue weighted by atomic mass is 32.2. The number of carbonyl (C=O) groups is 2. The first-order valence-electron chi connectivity index (χ1n) is 11.9. The van der Waals surface area contributed by atoms with Crippen LogP contribution in [0.3, 0.4) is 0 Å². The summed E-state index contributed by atoms with van der Waals surface area (Å²) in [5.74, 6) is 6.40. The highest BCUT2D eigenvalue weighted by Crippen LogP contribution is 2.20. The monoisotopic (exact) mass is 440 g/mol. The minimum absolute atomic E-state index is 0.00937. The van der Waals surface area contributed by atoms with Crippen molar-refractivity contribution in [1.29, 1.82) is 0 Å². The summed E-state index contributed by atoms with van der Waals surface area (Å²) >= 11 is 1.32. The number of rotatable bonds is 19. The van der Waals surface area contributed by atoms with Gasteiger partial charge in [-0.25, -0.2) is 0 Å². The molecule has 0 radical (unpaired) electrons. The SMILES string of the molecule is CCCCCCCCCCCCC#CC(CCCCC(=O)OC)SC(=O)CCOC. The molecule has 0 aromatic heterocycles. The topological polar surface area (TPSA) is 52.6 Å². The van der Waals surface area contributed by atoms with Gasteiger partial charge in [0.25, 0.3) is 0 Å². The molecule has 5 heteroatoms. The minimum atomic E-state index is -0.178. The summed E-state index contributed by atoms with van der Waals surface area (Å²) in [5.41, 5.74) is 0. The number of ether oxygens (including phenoxy) is 2. The molecule has 0 aliphatic heterocycles. The fourth-order valence-corrected chi connectivity index (χ4v) is 4.10. The van der Waals surface area contributed by atoms with E-state index in [0.29, 0.717) is 19.4 Å². The number of unbranched alkanes of at least 4 members (excludes halogenated alkanes) is 11. The van der Waals surface area contributed by atoms with E-state index in [1.807, 2.05) is 0 Å². The van der Waals surface area contributed by atoms with Gasteiger partial charge in [0.1, 0.15) is 0 Å². The van der Waals surface area contributed by atoms with E-state index in [4.69, 9.17) is 4.74 Å². The zero-order valence-electron chi connectivity index (χ0n) is 19.6. The standard InChI is InChI=1S/C25H44O4S/c1-4-5-6-7-8-9-10-11-12-13-14-15-18-23(30-25(27)21-22-28-2)19-16-17-20-24(26)29-3/h23H,4-14,16-17,19-22H2,1-3H3. The lowest BCUT2D eigenvalue weighted by molar-refractivity contribution is -0.140. The number of hydrogen-bond acceptors (Lipinski definition) is 5. The molecule has 0 rings (SSSR count). The molecule has 0 bridgehead atoms. The molecule has 0 aromatic carbocycles. The largest absolute Gasteiger partial charge is 0.469 e. The van der Waals surface area contributed by atoms with Gasteiger partial charge in [0, 0.05) is 26.4 Å². The lowest BCUT2D eigenvalue weighted by Crippen LogP contribution is -2.07. The Bertz CT molecular complexity index is 481. The van der Waals surface area contributed by atoms with Crippen molar-refractivity contribution >= 4 is 22.8 Å². The molecule has 0 aliphatic rings. The molecule has 0 aromatic rings. The van der Waals surface area contributed by atoms with Crippen molar-refractivity contribution in [3.63, 3.8) is 0 Å². The van der Waals surface area contributed by atoms with Gasteiger partial charge in [-0.1, -0.05) is 88.8 Å². The van der Waals surface area contributed by atoms with Crippen molar-refractivity contribution in [3.8, 4) is 11.8 Å². The van der Waals surface area contributed by atoms with E-state index in [1.165, 1.54) is 76.7 Å². The molecule has 1 atom stereocenters. The van der Waals surface area contributed by atoms with Crippen LogP contribution in [0.2, 0.25) is 0 Å². The van der Waals surface area contributed by atoms with Crippen molar-refractivity contribution in [1.82, 2.24) is 0 Å². The zero-order valence-corrected chi connectivity index (χ0v) is 20.5. The van der Waals surface area contributed by atoms with Crippen molar-refractivity contribution in [3.05, 3.63) is 0 Å². The van der Waals surface area contributed by atoms with E-state index in [2.05, 4.69) is 23.5 Å². The fraction of sp³-hybridized carbons (Fsp3) is 0.840. The molecule has 1 unspecified atom stereocenters. The van der Waals surface area contributed by atoms with E-state index < -0.39 is 0 Å². The van der Waals surface area contributed by atoms with Crippen LogP contribution in [0.15, 0.2) is 0 Å². The van der Waals surface area contributed by atoms with Crippen LogP contribution in [0.25, 0.3) is 0 Å². The summed E-state index contributed by atoms with van der Waals surface area (Å²) in [4.78, 5) is 23.3. The minimum Gasteiger partial charge on any atom is -0.469 e. The molecule has 174 valence electrons. The Kier molecular flexibility index (Phi) is 21.9. The molecular weight excluding hydrogens is 396 g/mol. The van der Waals surface area contributed by atoms with Crippen LogP contribution in [0.4, 0.5) is 0 Å². The van der Waals surface area contributed by atoms with Gasteiger partial charge in [0.15, 0.2) is 5.12 Å². The molecule has 0 fully saturated rings. The summed E-state index contributed by atoms with van der Waals surface area (Å²) in [6, 6.07) is 0. The van der Waals surface area contributed by atoms with Crippen LogP contribution in [-0.2, 0) is 19.1 Å². The van der Waals surface area contributed by atoms with Gasteiger partial charge in [-0.2, -0.15) is 0 Å². The van der Waals surface area contributed by atoms with Crippen molar-refractivity contribution in [2.24, 2.45) is 0 Å². The molecule has 0 saturated heterocycles. The van der Waals surface area contributed by atoms with Crippen molar-refractivity contribution < 1.29 is 19.1 Å². The van der Waals surface area contributed by atoms with Crippen LogP contribution in [0.5, 0.6) is 0 Å². The Morgan fingerprint density at radius 3 is 2.07 bits per heavy atom. The maximum atomic E-state index is 12.1. The van der Waals surface area contributed by atoms with Gasteiger partial charge >= 0.3 is 5.97 Å². The Hall–Kier alpha value is -0.990. The van der Waals surface area contributed by atoms with Crippen LogP contribution >= 0.6 is 11.8 Å². The van der Waals surface area contributed by atoms with Crippen LogP contribution in [0, 0.1) is 11.8 Å². The fourth-order valence-electron chi connectivity index (χ4n) is 3.15. The molecule has 30 heavy (non-hydrogen) atoms. The van der Waals surface area contributed by atoms with Gasteiger partial charge in [-0.15, -0.1) is 5.92 Å². The van der Waals surface area contributed by atoms with Crippen LogP contribution in [0.1, 0.15) is 110 Å². The van der Waals surface area contributed by atoms with Crippen molar-refractivity contribution in [2.75, 3.05) is 20.8 Å². The van der Waals surface area contributed by atoms with Crippen molar-refractivity contribution in [2.45, 2.75) is 115 Å². The van der Waals surface area contributed by atoms with Crippen LogP contribution in [-0.4, -0.2) is 37.2 Å². The average molecular weight is 441 g/mol. The summed E-state index contributed by atoms with van der Waals surface area (Å²) in [7, 11) is 3.02. The summed E-state index contributed by atoms with van der Waals surface area (Å²) < 4.78 is 9.66. The van der Waals surface area contributed by atoms with E-state index in [0.717, 1.165) is 32.1 Å². The second kappa shape index (κ2) is 22.7. The molecule has 0 N–H and O–H groups in total. The predicted octanol–water partition coefficient (Wildman–Crippen LogP) is 6.70. The van der Waals surface area contributed by atoms with Gasteiger partial charge in [-0.05, 0) is 19.3 Å². The maximum absolute atomic E-state index is 12.1. The molecule has 0 amide bonds. The quantitative estimate of drug-likeness (QED) is 0.127. The Morgan fingerprint density at radius 1 is 0.833 bits per heavy atom. The van der Waals surface area contributed by atoms with Gasteiger partial charge in [0.2, 0.25) is 0 Å². The molecular formula is C25H44O4S. The Labute approximate surface area is 189 Å². The third kappa shape index (κ3) is 20.3. The third-order valence-electron chi connectivity index (χ3n) is 5.03. The highest BCUT2D eigenvalue weighted by Gasteiger charge is 2.12. The first-order valence-corrected chi connectivity index (χ1v) is 12.8. The third-order valence-corrected chi connectivity index (χ3v) is 6.13. The number of esters is 1. The van der Waals surface area contributed by atoms with Gasteiger partial charge < -0.3 is 9.47 Å². The first-order chi connectivity index (χ1) is 14.6. The van der Waals surface area contributed by atoms with Crippen LogP contribution < -0.4 is 0 Å². The lowest BCUT2D eigenvalue weighted by atomic mass is 10.1. The molecule has 0 heterocycles. The zero-order chi connectivity index (χ0) is 22.3. The maximum Gasteiger partial charge on any atom is 0.305 e. The van der Waals surface area contributed by atoms with E-state index in [-0.39, 0.29) is 16.3 Å². The Balaban J connectivity index is 4.04. The summed E-state index contributed by atoms with van der Waals surface area (Å²) in [6.45, 7) is 2.71. The second-order valence-corrected chi connectivity index (χ2v) is 9.06. The average Bonchev–Trinajstić information content (AvgIpc) is 2.75. The van der Waals surface area contributed by atoms with E-state index >= 15 is 0 Å². The molecule has 0 spiro atoms. The smallest absolute Gasteiger partial charge is 0.305 e. The lowest BCUT2D eigenvalue weighted by Gasteiger charge is -2.09. The highest BCUT2D eigenvalue weighted by molar-refractivity contribution is 8.14. The Morgan fingerprint density at radius 2 is 1.47 bits per heavy atom. The molecule has 0 aliphatic carbocycles. The van der Waals surface area contributed by atoms with E-state index in [1.54, 1.807) is 7.11 Å². The number of hydrogen-bond donors (Lipinski definition) is 0. The predicted molar refractivity (Wildman–Crippen MR) is 128 cm³/mol. The van der Waals surface area contributed by atoms with Gasteiger partial charge in [0.05, 0.1) is 19.0 Å². The second-order valence-electron chi connectivity index (χ2n) is 7.80. The first kappa shape index (κ1) is 29.0. The number of carbonyl (C=O) groups excluding carboxylic acids is 2. The molecule has 0 saturated carbocycles. The summed E-state index contributed by atoms with van der Waals surface area (Å²) in [6.07, 6.45) is 17.5. The van der Waals surface area contributed by atoms with Gasteiger partial charge in [-0.3, -0.25) is 9.59 Å². The number of methoxy groups -OCH3 is 2. The normalized spacial score (nSPS) is 11.6. The summed E-state index contributed by atoms with van der Waals surface area (Å²) in [5, 5.41) is 0.137.